The Balaban J connectivity index is 2.86. The third kappa shape index (κ3) is 1.81. The van der Waals surface area contributed by atoms with Crippen molar-refractivity contribution in [3.8, 4) is 0 Å². The number of halogens is 1. The standard InChI is InChI=1S/C9H15ClN2/c1-4-12-8(5-6-11-12)9(10)7(2)3/h5-7,9H,4H2,1-3H3. The number of hydrogen-bond acceptors (Lipinski definition) is 1. The van der Waals surface area contributed by atoms with E-state index in [1.807, 2.05) is 10.7 Å². The summed E-state index contributed by atoms with van der Waals surface area (Å²) in [5.41, 5.74) is 1.12. The van der Waals surface area contributed by atoms with Crippen LogP contribution in [0.25, 0.3) is 0 Å². The van der Waals surface area contributed by atoms with Gasteiger partial charge in [-0.25, -0.2) is 0 Å². The van der Waals surface area contributed by atoms with Crippen LogP contribution in [-0.2, 0) is 6.54 Å². The van der Waals surface area contributed by atoms with E-state index in [1.54, 1.807) is 6.20 Å². The Morgan fingerprint density at radius 3 is 2.75 bits per heavy atom. The smallest absolute Gasteiger partial charge is 0.0777 e. The maximum Gasteiger partial charge on any atom is 0.0777 e. The first-order valence-corrected chi connectivity index (χ1v) is 4.76. The molecule has 2 nitrogen and oxygen atoms in total. The molecule has 1 aromatic heterocycles. The van der Waals surface area contributed by atoms with Crippen LogP contribution in [-0.4, -0.2) is 9.78 Å². The van der Waals surface area contributed by atoms with Gasteiger partial charge < -0.3 is 0 Å². The summed E-state index contributed by atoms with van der Waals surface area (Å²) in [6.07, 6.45) is 1.80. The van der Waals surface area contributed by atoms with Gasteiger partial charge >= 0.3 is 0 Å². The van der Waals surface area contributed by atoms with E-state index in [0.29, 0.717) is 5.92 Å². The fourth-order valence-electron chi connectivity index (χ4n) is 1.18. The highest BCUT2D eigenvalue weighted by Crippen LogP contribution is 2.27. The molecule has 0 aliphatic heterocycles. The van der Waals surface area contributed by atoms with Crippen molar-refractivity contribution in [3.63, 3.8) is 0 Å². The minimum absolute atomic E-state index is 0.0763. The van der Waals surface area contributed by atoms with Gasteiger partial charge in [-0.1, -0.05) is 13.8 Å². The van der Waals surface area contributed by atoms with Gasteiger partial charge in [0.25, 0.3) is 0 Å². The second-order valence-corrected chi connectivity index (χ2v) is 3.69. The first-order valence-electron chi connectivity index (χ1n) is 4.32. The lowest BCUT2D eigenvalue weighted by Gasteiger charge is -2.14. The Morgan fingerprint density at radius 2 is 2.25 bits per heavy atom. The van der Waals surface area contributed by atoms with Crippen LogP contribution in [0.4, 0.5) is 0 Å². The summed E-state index contributed by atoms with van der Waals surface area (Å²) in [5.74, 6) is 0.452. The molecular weight excluding hydrogens is 172 g/mol. The zero-order valence-corrected chi connectivity index (χ0v) is 8.54. The van der Waals surface area contributed by atoms with Crippen molar-refractivity contribution in [3.05, 3.63) is 18.0 Å². The molecule has 0 bridgehead atoms. The van der Waals surface area contributed by atoms with Crippen molar-refractivity contribution >= 4 is 11.6 Å². The maximum absolute atomic E-state index is 6.21. The van der Waals surface area contributed by atoms with Crippen molar-refractivity contribution in [1.82, 2.24) is 9.78 Å². The monoisotopic (exact) mass is 186 g/mol. The molecule has 0 aliphatic rings. The zero-order valence-electron chi connectivity index (χ0n) is 7.79. The molecule has 0 aliphatic carbocycles. The summed E-state index contributed by atoms with van der Waals surface area (Å²) in [6.45, 7) is 7.19. The van der Waals surface area contributed by atoms with Crippen LogP contribution >= 0.6 is 11.6 Å². The minimum atomic E-state index is 0.0763. The van der Waals surface area contributed by atoms with E-state index in [0.717, 1.165) is 12.2 Å². The van der Waals surface area contributed by atoms with Crippen molar-refractivity contribution in [2.75, 3.05) is 0 Å². The lowest BCUT2D eigenvalue weighted by Crippen LogP contribution is -2.08. The highest BCUT2D eigenvalue weighted by atomic mass is 35.5. The summed E-state index contributed by atoms with van der Waals surface area (Å²) in [5, 5.41) is 4.25. The van der Waals surface area contributed by atoms with Gasteiger partial charge in [-0.05, 0) is 18.9 Å². The Kier molecular flexibility index (Phi) is 3.15. The fraction of sp³-hybridized carbons (Fsp3) is 0.667. The van der Waals surface area contributed by atoms with Crippen molar-refractivity contribution < 1.29 is 0 Å². The molecule has 1 unspecified atom stereocenters. The van der Waals surface area contributed by atoms with E-state index in [-0.39, 0.29) is 5.38 Å². The average molecular weight is 187 g/mol. The van der Waals surface area contributed by atoms with Crippen molar-refractivity contribution in [2.45, 2.75) is 32.7 Å². The van der Waals surface area contributed by atoms with Gasteiger partial charge in [0.1, 0.15) is 0 Å². The van der Waals surface area contributed by atoms with Crippen LogP contribution in [0.2, 0.25) is 0 Å². The van der Waals surface area contributed by atoms with Crippen LogP contribution in [0.1, 0.15) is 31.8 Å². The molecule has 3 heteroatoms. The molecule has 1 heterocycles. The maximum atomic E-state index is 6.21. The van der Waals surface area contributed by atoms with Gasteiger partial charge in [0.15, 0.2) is 0 Å². The lowest BCUT2D eigenvalue weighted by molar-refractivity contribution is 0.548. The van der Waals surface area contributed by atoms with Crippen LogP contribution in [0.5, 0.6) is 0 Å². The molecule has 1 rings (SSSR count). The molecule has 0 saturated heterocycles. The number of alkyl halides is 1. The van der Waals surface area contributed by atoms with E-state index >= 15 is 0 Å². The molecule has 0 aromatic carbocycles. The van der Waals surface area contributed by atoms with E-state index in [4.69, 9.17) is 11.6 Å². The van der Waals surface area contributed by atoms with Crippen molar-refractivity contribution in [2.24, 2.45) is 5.92 Å². The first kappa shape index (κ1) is 9.59. The van der Waals surface area contributed by atoms with Crippen LogP contribution in [0.15, 0.2) is 12.3 Å². The highest BCUT2D eigenvalue weighted by molar-refractivity contribution is 6.20. The Hall–Kier alpha value is -0.500. The first-order chi connectivity index (χ1) is 5.66. The van der Waals surface area contributed by atoms with E-state index in [9.17, 15) is 0 Å². The summed E-state index contributed by atoms with van der Waals surface area (Å²) >= 11 is 6.21. The largest absolute Gasteiger partial charge is 0.268 e. The number of aryl methyl sites for hydroxylation is 1. The number of aromatic nitrogens is 2. The average Bonchev–Trinajstić information content (AvgIpc) is 2.49. The van der Waals surface area contributed by atoms with Gasteiger partial charge in [0, 0.05) is 12.7 Å². The van der Waals surface area contributed by atoms with E-state index < -0.39 is 0 Å². The Morgan fingerprint density at radius 1 is 1.58 bits per heavy atom. The van der Waals surface area contributed by atoms with Gasteiger partial charge in [-0.3, -0.25) is 4.68 Å². The molecule has 1 atom stereocenters. The van der Waals surface area contributed by atoms with Crippen LogP contribution < -0.4 is 0 Å². The predicted octanol–water partition coefficient (Wildman–Crippen LogP) is 2.84. The molecular formula is C9H15ClN2. The molecule has 0 radical (unpaired) electrons. The van der Waals surface area contributed by atoms with E-state index in [2.05, 4.69) is 25.9 Å². The van der Waals surface area contributed by atoms with Crippen LogP contribution in [0, 0.1) is 5.92 Å². The number of rotatable bonds is 3. The second kappa shape index (κ2) is 3.94. The molecule has 0 spiro atoms. The summed E-state index contributed by atoms with van der Waals surface area (Å²) in [4.78, 5) is 0. The van der Waals surface area contributed by atoms with Gasteiger partial charge in [0.05, 0.1) is 11.1 Å². The number of nitrogens with zero attached hydrogens (tertiary/aromatic N) is 2. The summed E-state index contributed by atoms with van der Waals surface area (Å²) < 4.78 is 1.94. The van der Waals surface area contributed by atoms with Gasteiger partial charge in [-0.2, -0.15) is 5.10 Å². The Bertz CT molecular complexity index is 242. The molecule has 0 amide bonds. The van der Waals surface area contributed by atoms with Gasteiger partial charge in [-0.15, -0.1) is 11.6 Å². The highest BCUT2D eigenvalue weighted by Gasteiger charge is 2.15. The Labute approximate surface area is 78.5 Å². The molecule has 68 valence electrons. The lowest BCUT2D eigenvalue weighted by atomic mass is 10.1. The topological polar surface area (TPSA) is 17.8 Å². The quantitative estimate of drug-likeness (QED) is 0.664. The molecule has 0 saturated carbocycles. The molecule has 12 heavy (non-hydrogen) atoms. The van der Waals surface area contributed by atoms with E-state index in [1.165, 1.54) is 0 Å². The molecule has 1 aromatic rings. The zero-order chi connectivity index (χ0) is 9.14. The SMILES string of the molecule is CCn1nccc1C(Cl)C(C)C. The predicted molar refractivity (Wildman–Crippen MR) is 51.3 cm³/mol. The third-order valence-electron chi connectivity index (χ3n) is 1.92. The fourth-order valence-corrected chi connectivity index (χ4v) is 1.37. The molecule has 0 fully saturated rings. The van der Waals surface area contributed by atoms with Crippen LogP contribution in [0.3, 0.4) is 0 Å². The van der Waals surface area contributed by atoms with Gasteiger partial charge in [0.2, 0.25) is 0 Å². The minimum Gasteiger partial charge on any atom is -0.268 e. The van der Waals surface area contributed by atoms with Crippen molar-refractivity contribution in [1.29, 1.82) is 0 Å². The third-order valence-corrected chi connectivity index (χ3v) is 2.64. The molecule has 0 N–H and O–H groups in total. The summed E-state index contributed by atoms with van der Waals surface area (Å²) in [6, 6.07) is 1.99. The number of hydrogen-bond donors (Lipinski definition) is 0. The second-order valence-electron chi connectivity index (χ2n) is 3.22. The normalized spacial score (nSPS) is 13.8. The summed E-state index contributed by atoms with van der Waals surface area (Å²) in [7, 11) is 0.